The van der Waals surface area contributed by atoms with Crippen molar-refractivity contribution in [2.75, 3.05) is 13.1 Å². The Balaban J connectivity index is 1.40. The first kappa shape index (κ1) is 26.9. The molecule has 4 aromatic rings. The monoisotopic (exact) mass is 531 g/mol. The number of benzene rings is 3. The van der Waals surface area contributed by atoms with Crippen LogP contribution in [0.4, 0.5) is 0 Å². The Morgan fingerprint density at radius 2 is 1.70 bits per heavy atom. The van der Waals surface area contributed by atoms with Gasteiger partial charge in [-0.3, -0.25) is 4.98 Å². The van der Waals surface area contributed by atoms with E-state index in [1.165, 1.54) is 40.6 Å². The summed E-state index contributed by atoms with van der Waals surface area (Å²) in [5.74, 6) is 1.23. The van der Waals surface area contributed by atoms with Crippen LogP contribution in [0.25, 0.3) is 10.9 Å². The van der Waals surface area contributed by atoms with Gasteiger partial charge in [0.05, 0.1) is 25.2 Å². The van der Waals surface area contributed by atoms with Gasteiger partial charge in [0, 0.05) is 35.9 Å². The maximum Gasteiger partial charge on any atom is 0.135 e. The Morgan fingerprint density at radius 1 is 0.950 bits per heavy atom. The van der Waals surface area contributed by atoms with Gasteiger partial charge in [-0.25, -0.2) is 0 Å². The first-order valence-electron chi connectivity index (χ1n) is 14.9. The van der Waals surface area contributed by atoms with E-state index < -0.39 is 0 Å². The van der Waals surface area contributed by atoms with Gasteiger partial charge < -0.3 is 9.22 Å². The van der Waals surface area contributed by atoms with Crippen LogP contribution in [-0.4, -0.2) is 28.6 Å². The Hall–Kier alpha value is -3.27. The number of hydrogen-bond donors (Lipinski definition) is 0. The van der Waals surface area contributed by atoms with Crippen molar-refractivity contribution < 1.29 is 9.22 Å². The van der Waals surface area contributed by atoms with Crippen molar-refractivity contribution in [3.63, 3.8) is 0 Å². The Bertz CT molecular complexity index is 1450. The zero-order chi connectivity index (χ0) is 27.7. The molecule has 3 heteroatoms. The molecule has 4 heterocycles. The number of quaternary nitrogens is 1. The maximum atomic E-state index is 7.10. The van der Waals surface area contributed by atoms with Crippen molar-refractivity contribution in [3.05, 3.63) is 126 Å². The summed E-state index contributed by atoms with van der Waals surface area (Å²) in [5.41, 5.74) is 6.44. The second kappa shape index (κ2) is 11.0. The van der Waals surface area contributed by atoms with Gasteiger partial charge >= 0.3 is 0 Å². The Morgan fingerprint density at radius 3 is 2.45 bits per heavy atom. The molecule has 3 saturated heterocycles. The quantitative estimate of drug-likeness (QED) is 0.168. The van der Waals surface area contributed by atoms with Gasteiger partial charge in [0.15, 0.2) is 0 Å². The maximum absolute atomic E-state index is 7.10. The highest BCUT2D eigenvalue weighted by Crippen LogP contribution is 2.49. The fourth-order valence-electron chi connectivity index (χ4n) is 7.37. The molecular formula is C37H43N2O+. The molecule has 3 aliphatic rings. The summed E-state index contributed by atoms with van der Waals surface area (Å²) in [5, 5.41) is 1.21. The minimum Gasteiger partial charge on any atom is -0.363 e. The first-order valence-corrected chi connectivity index (χ1v) is 14.9. The molecule has 1 aromatic heterocycles. The van der Waals surface area contributed by atoms with Gasteiger partial charge in [-0.2, -0.15) is 0 Å². The Labute approximate surface area is 240 Å². The molecule has 3 aromatic carbocycles. The number of rotatable bonds is 8. The molecule has 3 nitrogen and oxygen atoms in total. The van der Waals surface area contributed by atoms with Crippen molar-refractivity contribution in [1.82, 2.24) is 4.98 Å². The number of ether oxygens (including phenoxy) is 1. The van der Waals surface area contributed by atoms with Gasteiger partial charge in [0.2, 0.25) is 0 Å². The van der Waals surface area contributed by atoms with E-state index in [1.807, 2.05) is 6.20 Å². The van der Waals surface area contributed by atoms with Crippen molar-refractivity contribution in [2.45, 2.75) is 64.3 Å². The van der Waals surface area contributed by atoms with Gasteiger partial charge in [-0.1, -0.05) is 99.6 Å². The van der Waals surface area contributed by atoms with Gasteiger partial charge in [-0.05, 0) is 40.2 Å². The number of nitrogens with zero attached hydrogens (tertiary/aromatic N) is 2. The largest absolute Gasteiger partial charge is 0.363 e. The molecule has 3 fully saturated rings. The van der Waals surface area contributed by atoms with E-state index in [1.54, 1.807) is 0 Å². The van der Waals surface area contributed by atoms with Gasteiger partial charge in [0.25, 0.3) is 0 Å². The molecule has 0 amide bonds. The fraction of sp³-hybridized carbons (Fsp3) is 0.378. The zero-order valence-corrected chi connectivity index (χ0v) is 24.3. The summed E-state index contributed by atoms with van der Waals surface area (Å²) >= 11 is 0. The topological polar surface area (TPSA) is 22.1 Å². The average molecular weight is 532 g/mol. The molecule has 206 valence electrons. The summed E-state index contributed by atoms with van der Waals surface area (Å²) in [6, 6.07) is 31.2. The lowest BCUT2D eigenvalue weighted by atomic mass is 9.71. The van der Waals surface area contributed by atoms with Gasteiger partial charge in [0.1, 0.15) is 18.7 Å². The molecule has 2 bridgehead atoms. The van der Waals surface area contributed by atoms with Crippen LogP contribution in [0.15, 0.2) is 104 Å². The van der Waals surface area contributed by atoms with Crippen LogP contribution >= 0.6 is 0 Å². The minimum atomic E-state index is -0.0209. The number of pyridine rings is 1. The average Bonchev–Trinajstić information content (AvgIpc) is 2.98. The summed E-state index contributed by atoms with van der Waals surface area (Å²) in [6.07, 6.45) is 6.60. The number of hydrogen-bond acceptors (Lipinski definition) is 2. The summed E-state index contributed by atoms with van der Waals surface area (Å²) in [6.45, 7) is 15.0. The molecule has 5 atom stereocenters. The first-order chi connectivity index (χ1) is 19.4. The molecule has 1 unspecified atom stereocenters. The van der Waals surface area contributed by atoms with Crippen LogP contribution < -0.4 is 0 Å². The Kier molecular flexibility index (Phi) is 7.37. The second-order valence-corrected chi connectivity index (χ2v) is 13.1. The van der Waals surface area contributed by atoms with E-state index in [0.29, 0.717) is 24.5 Å². The van der Waals surface area contributed by atoms with E-state index in [0.717, 1.165) is 29.5 Å². The highest BCUT2D eigenvalue weighted by Gasteiger charge is 2.54. The standard InChI is InChI=1S/C37H43N2O/c1-5-29-25-39(24-27-11-7-6-8-12-27)22-20-30(29)23-35(39)36(33-19-21-38-34-14-10-9-13-32(33)34)40-26-28-15-17-31(18-16-28)37(2,3)4/h5-19,21,29-30,35-36H,1,20,22-26H2,2-4H3/q+1/t29-,30-,35+,36-,39?/m0/s1. The van der Waals surface area contributed by atoms with Crippen LogP contribution in [0.3, 0.4) is 0 Å². The molecule has 3 aliphatic heterocycles. The SMILES string of the molecule is C=C[C@H]1C[N+]2(Cc3ccccc3)CC[C@H]1C[C@@H]2[C@@H](OCc1ccc(C(C)(C)C)cc1)c1ccnc2ccccc12. The van der Waals surface area contributed by atoms with E-state index in [4.69, 9.17) is 9.72 Å². The fourth-order valence-corrected chi connectivity index (χ4v) is 7.37. The summed E-state index contributed by atoms with van der Waals surface area (Å²) in [4.78, 5) is 4.70. The van der Waals surface area contributed by atoms with E-state index in [9.17, 15) is 0 Å². The van der Waals surface area contributed by atoms with Crippen molar-refractivity contribution >= 4 is 10.9 Å². The molecule has 0 radical (unpaired) electrons. The van der Waals surface area contributed by atoms with Crippen LogP contribution in [0, 0.1) is 11.8 Å². The smallest absolute Gasteiger partial charge is 0.135 e. The molecule has 0 spiro atoms. The predicted octanol–water partition coefficient (Wildman–Crippen LogP) is 8.40. The normalized spacial score (nSPS) is 25.1. The number of piperidine rings is 3. The third kappa shape index (κ3) is 5.25. The summed E-state index contributed by atoms with van der Waals surface area (Å²) < 4.78 is 8.16. The molecule has 0 aliphatic carbocycles. The lowest BCUT2D eigenvalue weighted by molar-refractivity contribution is -0.985. The summed E-state index contributed by atoms with van der Waals surface area (Å²) in [7, 11) is 0. The molecule has 7 rings (SSSR count). The van der Waals surface area contributed by atoms with Gasteiger partial charge in [-0.15, -0.1) is 6.58 Å². The van der Waals surface area contributed by atoms with E-state index >= 15 is 0 Å². The van der Waals surface area contributed by atoms with Crippen LogP contribution in [0.2, 0.25) is 0 Å². The number of aromatic nitrogens is 1. The lowest BCUT2D eigenvalue weighted by Crippen LogP contribution is -2.67. The molecule has 0 saturated carbocycles. The van der Waals surface area contributed by atoms with Crippen molar-refractivity contribution in [3.8, 4) is 0 Å². The molecular weight excluding hydrogens is 488 g/mol. The number of fused-ring (bicyclic) bond motifs is 4. The third-order valence-corrected chi connectivity index (χ3v) is 9.60. The number of para-hydroxylation sites is 1. The van der Waals surface area contributed by atoms with E-state index in [-0.39, 0.29) is 11.5 Å². The van der Waals surface area contributed by atoms with E-state index in [2.05, 4.69) is 118 Å². The zero-order valence-electron chi connectivity index (χ0n) is 24.3. The van der Waals surface area contributed by atoms with Crippen molar-refractivity contribution in [2.24, 2.45) is 11.8 Å². The highest BCUT2D eigenvalue weighted by atomic mass is 16.5. The molecule has 40 heavy (non-hydrogen) atoms. The highest BCUT2D eigenvalue weighted by molar-refractivity contribution is 5.82. The van der Waals surface area contributed by atoms with Crippen molar-refractivity contribution in [1.29, 1.82) is 0 Å². The van der Waals surface area contributed by atoms with Crippen LogP contribution in [0.5, 0.6) is 0 Å². The van der Waals surface area contributed by atoms with Crippen LogP contribution in [-0.2, 0) is 23.3 Å². The minimum absolute atomic E-state index is 0.0209. The molecule has 0 N–H and O–H groups in total. The second-order valence-electron chi connectivity index (χ2n) is 13.1. The predicted molar refractivity (Wildman–Crippen MR) is 165 cm³/mol. The third-order valence-electron chi connectivity index (χ3n) is 9.60. The lowest BCUT2D eigenvalue weighted by Gasteiger charge is -2.58. The van der Waals surface area contributed by atoms with Crippen LogP contribution in [0.1, 0.15) is 62.0 Å².